The summed E-state index contributed by atoms with van der Waals surface area (Å²) in [6.45, 7) is 5.98. The van der Waals surface area contributed by atoms with Crippen molar-refractivity contribution in [2.75, 3.05) is 6.61 Å². The lowest BCUT2D eigenvalue weighted by molar-refractivity contribution is -0.148. The zero-order valence-corrected chi connectivity index (χ0v) is 8.28. The maximum absolute atomic E-state index is 9.10. The summed E-state index contributed by atoms with van der Waals surface area (Å²) in [6, 6.07) is 0. The molecule has 0 bridgehead atoms. The van der Waals surface area contributed by atoms with Crippen LogP contribution in [0, 0.1) is 5.92 Å². The third kappa shape index (κ3) is 1.41. The average molecular weight is 184 g/mol. The van der Waals surface area contributed by atoms with Crippen molar-refractivity contribution in [3.8, 4) is 0 Å². The van der Waals surface area contributed by atoms with Crippen LogP contribution in [0.2, 0.25) is 0 Å². The lowest BCUT2D eigenvalue weighted by Gasteiger charge is -2.19. The minimum Gasteiger partial charge on any atom is -0.392 e. The monoisotopic (exact) mass is 184 g/mol. The first kappa shape index (κ1) is 9.19. The summed E-state index contributed by atoms with van der Waals surface area (Å²) >= 11 is 0. The van der Waals surface area contributed by atoms with Crippen LogP contribution >= 0.6 is 0 Å². The van der Waals surface area contributed by atoms with Gasteiger partial charge in [-0.2, -0.15) is 0 Å². The van der Waals surface area contributed by atoms with Crippen molar-refractivity contribution in [2.45, 2.75) is 38.8 Å². The lowest BCUT2D eigenvalue weighted by Crippen LogP contribution is -2.24. The molecule has 0 spiro atoms. The largest absolute Gasteiger partial charge is 0.392 e. The highest BCUT2D eigenvalue weighted by molar-refractivity contribution is 5.23. The molecule has 2 rings (SSSR count). The Hall–Kier alpha value is -0.380. The first-order valence-corrected chi connectivity index (χ1v) is 4.70. The highest BCUT2D eigenvalue weighted by atomic mass is 16.8. The quantitative estimate of drug-likeness (QED) is 0.620. The smallest absolute Gasteiger partial charge is 0.164 e. The maximum Gasteiger partial charge on any atom is 0.164 e. The van der Waals surface area contributed by atoms with E-state index in [1.165, 1.54) is 0 Å². The molecule has 0 saturated carbocycles. The lowest BCUT2D eigenvalue weighted by atomic mass is 10.1. The summed E-state index contributed by atoms with van der Waals surface area (Å²) in [4.78, 5) is 0. The normalized spacial score (nSPS) is 41.8. The van der Waals surface area contributed by atoms with E-state index in [0.717, 1.165) is 5.57 Å². The molecule has 0 radical (unpaired) electrons. The molecule has 13 heavy (non-hydrogen) atoms. The summed E-state index contributed by atoms with van der Waals surface area (Å²) in [6.07, 6.45) is 2.11. The van der Waals surface area contributed by atoms with Gasteiger partial charge in [-0.05, 0) is 19.4 Å². The fourth-order valence-electron chi connectivity index (χ4n) is 2.13. The second kappa shape index (κ2) is 2.80. The molecule has 3 heteroatoms. The molecular formula is C10H16O3. The molecule has 0 amide bonds. The zero-order chi connectivity index (χ0) is 9.64. The van der Waals surface area contributed by atoms with Crippen LogP contribution in [-0.4, -0.2) is 29.7 Å². The van der Waals surface area contributed by atoms with E-state index in [4.69, 9.17) is 14.6 Å². The van der Waals surface area contributed by atoms with Crippen LogP contribution in [0.3, 0.4) is 0 Å². The van der Waals surface area contributed by atoms with Crippen LogP contribution in [0.5, 0.6) is 0 Å². The van der Waals surface area contributed by atoms with Crippen molar-refractivity contribution in [1.29, 1.82) is 0 Å². The van der Waals surface area contributed by atoms with Crippen LogP contribution in [0.25, 0.3) is 0 Å². The molecule has 1 N–H and O–H groups in total. The number of rotatable bonds is 1. The highest BCUT2D eigenvalue weighted by Gasteiger charge is 2.48. The molecular weight excluding hydrogens is 168 g/mol. The van der Waals surface area contributed by atoms with Crippen molar-refractivity contribution in [3.63, 3.8) is 0 Å². The van der Waals surface area contributed by atoms with E-state index < -0.39 is 5.79 Å². The van der Waals surface area contributed by atoms with Gasteiger partial charge >= 0.3 is 0 Å². The van der Waals surface area contributed by atoms with E-state index in [9.17, 15) is 0 Å². The maximum atomic E-state index is 9.10. The molecule has 74 valence electrons. The Balaban J connectivity index is 2.19. The topological polar surface area (TPSA) is 38.7 Å². The van der Waals surface area contributed by atoms with Gasteiger partial charge in [0, 0.05) is 5.92 Å². The van der Waals surface area contributed by atoms with Gasteiger partial charge < -0.3 is 14.6 Å². The van der Waals surface area contributed by atoms with E-state index in [-0.39, 0.29) is 18.8 Å². The molecule has 1 heterocycles. The Morgan fingerprint density at radius 3 is 2.77 bits per heavy atom. The van der Waals surface area contributed by atoms with Crippen LogP contribution in [0.1, 0.15) is 20.8 Å². The summed E-state index contributed by atoms with van der Waals surface area (Å²) in [5.41, 5.74) is 0.961. The molecule has 1 aliphatic carbocycles. The van der Waals surface area contributed by atoms with Gasteiger partial charge in [0.25, 0.3) is 0 Å². The molecule has 1 saturated heterocycles. The first-order chi connectivity index (χ1) is 6.03. The Labute approximate surface area is 78.3 Å². The molecule has 1 aliphatic heterocycles. The Morgan fingerprint density at radius 1 is 1.46 bits per heavy atom. The van der Waals surface area contributed by atoms with Crippen LogP contribution in [-0.2, 0) is 9.47 Å². The first-order valence-electron chi connectivity index (χ1n) is 4.70. The van der Waals surface area contributed by atoms with Gasteiger partial charge in [0.15, 0.2) is 5.79 Å². The van der Waals surface area contributed by atoms with E-state index in [1.54, 1.807) is 0 Å². The molecule has 0 aromatic rings. The van der Waals surface area contributed by atoms with Crippen LogP contribution in [0.4, 0.5) is 0 Å². The summed E-state index contributed by atoms with van der Waals surface area (Å²) in [5, 5.41) is 9.10. The third-order valence-corrected chi connectivity index (χ3v) is 2.67. The minimum atomic E-state index is -0.502. The van der Waals surface area contributed by atoms with E-state index in [1.807, 2.05) is 19.9 Å². The second-order valence-corrected chi connectivity index (χ2v) is 4.28. The fourth-order valence-corrected chi connectivity index (χ4v) is 2.13. The van der Waals surface area contributed by atoms with Gasteiger partial charge in [0.2, 0.25) is 0 Å². The minimum absolute atomic E-state index is 0.0324. The predicted octanol–water partition coefficient (Wildman–Crippen LogP) is 1.07. The van der Waals surface area contributed by atoms with Crippen molar-refractivity contribution >= 4 is 0 Å². The van der Waals surface area contributed by atoms with E-state index >= 15 is 0 Å². The van der Waals surface area contributed by atoms with Gasteiger partial charge in [-0.25, -0.2) is 0 Å². The van der Waals surface area contributed by atoms with Gasteiger partial charge in [-0.15, -0.1) is 0 Å². The molecule has 0 aromatic carbocycles. The van der Waals surface area contributed by atoms with E-state index in [0.29, 0.717) is 5.92 Å². The van der Waals surface area contributed by atoms with E-state index in [2.05, 4.69) is 6.92 Å². The standard InChI is InChI=1S/C10H16O3/c1-6-4-7(5-11)9-8(6)12-10(2,3)13-9/h4,6,8-9,11H,5H2,1-3H3/t6-,8?,9+/m0/s1. The number of aliphatic hydroxyl groups is 1. The van der Waals surface area contributed by atoms with Crippen molar-refractivity contribution in [3.05, 3.63) is 11.6 Å². The van der Waals surface area contributed by atoms with Gasteiger partial charge in [0.05, 0.1) is 12.7 Å². The average Bonchev–Trinajstić information content (AvgIpc) is 2.47. The number of aliphatic hydroxyl groups excluding tert-OH is 1. The number of fused-ring (bicyclic) bond motifs is 1. The van der Waals surface area contributed by atoms with Gasteiger partial charge in [0.1, 0.15) is 6.10 Å². The molecule has 0 aromatic heterocycles. The fraction of sp³-hybridized carbons (Fsp3) is 0.800. The molecule has 3 nitrogen and oxygen atoms in total. The van der Waals surface area contributed by atoms with Gasteiger partial charge in [-0.3, -0.25) is 0 Å². The van der Waals surface area contributed by atoms with Gasteiger partial charge in [-0.1, -0.05) is 13.0 Å². The molecule has 2 aliphatic rings. The second-order valence-electron chi connectivity index (χ2n) is 4.28. The number of hydrogen-bond acceptors (Lipinski definition) is 3. The SMILES string of the molecule is C[C@H]1C=C(CO)[C@H]2OC(C)(C)OC21. The van der Waals surface area contributed by atoms with Crippen LogP contribution < -0.4 is 0 Å². The summed E-state index contributed by atoms with van der Waals surface area (Å²) < 4.78 is 11.4. The Bertz CT molecular complexity index is 245. The summed E-state index contributed by atoms with van der Waals surface area (Å²) in [7, 11) is 0. The van der Waals surface area contributed by atoms with Crippen molar-refractivity contribution in [2.24, 2.45) is 5.92 Å². The number of hydrogen-bond donors (Lipinski definition) is 1. The predicted molar refractivity (Wildman–Crippen MR) is 48.2 cm³/mol. The molecule has 3 atom stereocenters. The summed E-state index contributed by atoms with van der Waals surface area (Å²) in [5.74, 6) is -0.160. The zero-order valence-electron chi connectivity index (χ0n) is 8.28. The Morgan fingerprint density at radius 2 is 2.15 bits per heavy atom. The Kier molecular flexibility index (Phi) is 1.98. The number of ether oxygens (including phenoxy) is 2. The third-order valence-electron chi connectivity index (χ3n) is 2.67. The van der Waals surface area contributed by atoms with Crippen LogP contribution in [0.15, 0.2) is 11.6 Å². The van der Waals surface area contributed by atoms with Crippen molar-refractivity contribution in [1.82, 2.24) is 0 Å². The molecule has 1 fully saturated rings. The van der Waals surface area contributed by atoms with Crippen molar-refractivity contribution < 1.29 is 14.6 Å². The highest BCUT2D eigenvalue weighted by Crippen LogP contribution is 2.40. The molecule has 1 unspecified atom stereocenters.